The van der Waals surface area contributed by atoms with Crippen LogP contribution in [0.15, 0.2) is 42.6 Å². The first-order chi connectivity index (χ1) is 16.0. The summed E-state index contributed by atoms with van der Waals surface area (Å²) >= 11 is 0. The Morgan fingerprint density at radius 2 is 1.64 bits per heavy atom. The lowest BCUT2D eigenvalue weighted by Gasteiger charge is -2.24. The molecule has 0 N–H and O–H groups in total. The number of rotatable bonds is 5. The van der Waals surface area contributed by atoms with E-state index in [4.69, 9.17) is 19.2 Å². The third kappa shape index (κ3) is 3.67. The van der Waals surface area contributed by atoms with Crippen molar-refractivity contribution < 1.29 is 19.0 Å². The SMILES string of the molecule is COc1cc(C2CC(=O)c3cn4nc(-c5ccc(C)cc5)nc4nc3C2)cc(OC)c1OC. The zero-order chi connectivity index (χ0) is 23.1. The van der Waals surface area contributed by atoms with Crippen molar-refractivity contribution in [1.29, 1.82) is 0 Å². The van der Waals surface area contributed by atoms with E-state index in [9.17, 15) is 4.79 Å². The van der Waals surface area contributed by atoms with Gasteiger partial charge in [-0.1, -0.05) is 29.8 Å². The molecule has 5 rings (SSSR count). The van der Waals surface area contributed by atoms with Gasteiger partial charge in [0.2, 0.25) is 5.75 Å². The first-order valence-corrected chi connectivity index (χ1v) is 10.7. The molecule has 1 aliphatic rings. The maximum atomic E-state index is 13.1. The van der Waals surface area contributed by atoms with E-state index in [1.54, 1.807) is 32.0 Å². The molecule has 1 atom stereocenters. The molecule has 1 unspecified atom stereocenters. The molecule has 0 saturated carbocycles. The highest BCUT2D eigenvalue weighted by molar-refractivity contribution is 5.98. The minimum atomic E-state index is -0.0619. The summed E-state index contributed by atoms with van der Waals surface area (Å²) in [5.41, 5.74) is 4.32. The number of ketones is 1. The van der Waals surface area contributed by atoms with Gasteiger partial charge in [-0.25, -0.2) is 9.50 Å². The number of nitrogens with zero attached hydrogens (tertiary/aromatic N) is 4. The highest BCUT2D eigenvalue weighted by Gasteiger charge is 2.30. The second-order valence-corrected chi connectivity index (χ2v) is 8.13. The average Bonchev–Trinajstić information content (AvgIpc) is 3.25. The summed E-state index contributed by atoms with van der Waals surface area (Å²) in [7, 11) is 4.73. The zero-order valence-electron chi connectivity index (χ0n) is 19.0. The van der Waals surface area contributed by atoms with Crippen molar-refractivity contribution >= 4 is 11.6 Å². The van der Waals surface area contributed by atoms with E-state index in [1.165, 1.54) is 5.56 Å². The fraction of sp³-hybridized carbons (Fsp3) is 0.280. The van der Waals surface area contributed by atoms with E-state index in [0.29, 0.717) is 47.3 Å². The molecule has 2 aromatic heterocycles. The van der Waals surface area contributed by atoms with E-state index in [-0.39, 0.29) is 11.7 Å². The van der Waals surface area contributed by atoms with Gasteiger partial charge in [0, 0.05) is 18.2 Å². The van der Waals surface area contributed by atoms with Crippen LogP contribution in [0.4, 0.5) is 0 Å². The summed E-state index contributed by atoms with van der Waals surface area (Å²) in [4.78, 5) is 22.4. The van der Waals surface area contributed by atoms with Gasteiger partial charge in [-0.2, -0.15) is 4.98 Å². The topological polar surface area (TPSA) is 87.8 Å². The standard InChI is InChI=1S/C25H24N4O4/c1-14-5-7-15(8-6-14)24-27-25-26-19-9-16(10-20(30)18(19)13-29(25)28-24)17-11-21(31-2)23(33-4)22(12-17)32-3/h5-8,11-13,16H,9-10H2,1-4H3. The summed E-state index contributed by atoms with van der Waals surface area (Å²) in [6, 6.07) is 11.8. The second-order valence-electron chi connectivity index (χ2n) is 8.13. The van der Waals surface area contributed by atoms with E-state index in [1.807, 2.05) is 43.3 Å². The predicted molar refractivity (Wildman–Crippen MR) is 122 cm³/mol. The molecule has 0 aliphatic heterocycles. The van der Waals surface area contributed by atoms with Crippen molar-refractivity contribution in [1.82, 2.24) is 19.6 Å². The summed E-state index contributed by atoms with van der Waals surface area (Å²) in [5.74, 6) is 2.67. The predicted octanol–water partition coefficient (Wildman–Crippen LogP) is 4.04. The van der Waals surface area contributed by atoms with Crippen LogP contribution in [0, 0.1) is 6.92 Å². The Labute approximate surface area is 191 Å². The molecule has 0 spiro atoms. The third-order valence-electron chi connectivity index (χ3n) is 6.05. The Bertz CT molecular complexity index is 1340. The maximum Gasteiger partial charge on any atom is 0.252 e. The molecule has 4 aromatic rings. The first-order valence-electron chi connectivity index (χ1n) is 10.7. The first kappa shape index (κ1) is 20.9. The molecular formula is C25H24N4O4. The minimum absolute atomic E-state index is 0.0248. The van der Waals surface area contributed by atoms with Crippen LogP contribution in [0.1, 0.15) is 39.5 Å². The summed E-state index contributed by atoms with van der Waals surface area (Å²) < 4.78 is 18.0. The van der Waals surface area contributed by atoms with Crippen LogP contribution in [-0.2, 0) is 6.42 Å². The molecule has 0 amide bonds. The normalized spacial score (nSPS) is 15.4. The van der Waals surface area contributed by atoms with Gasteiger partial charge in [0.05, 0.1) is 32.6 Å². The number of aromatic nitrogens is 4. The largest absolute Gasteiger partial charge is 0.493 e. The van der Waals surface area contributed by atoms with Gasteiger partial charge in [0.1, 0.15) is 0 Å². The number of hydrogen-bond donors (Lipinski definition) is 0. The smallest absolute Gasteiger partial charge is 0.252 e. The Hall–Kier alpha value is -3.94. The van der Waals surface area contributed by atoms with Crippen molar-refractivity contribution in [2.45, 2.75) is 25.7 Å². The highest BCUT2D eigenvalue weighted by Crippen LogP contribution is 2.42. The minimum Gasteiger partial charge on any atom is -0.493 e. The molecule has 0 saturated heterocycles. The number of methoxy groups -OCH3 is 3. The Morgan fingerprint density at radius 1 is 0.939 bits per heavy atom. The lowest BCUT2D eigenvalue weighted by atomic mass is 9.82. The number of benzene rings is 2. The number of hydrogen-bond acceptors (Lipinski definition) is 7. The van der Waals surface area contributed by atoms with Gasteiger partial charge in [-0.15, -0.1) is 5.10 Å². The van der Waals surface area contributed by atoms with Gasteiger partial charge in [0.25, 0.3) is 5.78 Å². The van der Waals surface area contributed by atoms with Crippen LogP contribution < -0.4 is 14.2 Å². The highest BCUT2D eigenvalue weighted by atomic mass is 16.5. The van der Waals surface area contributed by atoms with Crippen LogP contribution in [-0.4, -0.2) is 46.7 Å². The van der Waals surface area contributed by atoms with Crippen molar-refractivity contribution in [2.75, 3.05) is 21.3 Å². The quantitative estimate of drug-likeness (QED) is 0.459. The van der Waals surface area contributed by atoms with Crippen LogP contribution in [0.25, 0.3) is 17.2 Å². The molecule has 33 heavy (non-hydrogen) atoms. The Morgan fingerprint density at radius 3 is 2.27 bits per heavy atom. The fourth-order valence-electron chi connectivity index (χ4n) is 4.28. The molecule has 1 aliphatic carbocycles. The molecule has 8 heteroatoms. The van der Waals surface area contributed by atoms with E-state index < -0.39 is 0 Å². The monoisotopic (exact) mass is 444 g/mol. The number of carbonyl (C=O) groups is 1. The number of fused-ring (bicyclic) bond motifs is 2. The Balaban J connectivity index is 1.53. The van der Waals surface area contributed by atoms with Gasteiger partial charge in [-0.05, 0) is 37.0 Å². The van der Waals surface area contributed by atoms with Crippen molar-refractivity contribution in [3.63, 3.8) is 0 Å². The number of Topliss-reactive ketones (excluding diaryl/α,β-unsaturated/α-hetero) is 1. The maximum absolute atomic E-state index is 13.1. The van der Waals surface area contributed by atoms with Crippen LogP contribution in [0.5, 0.6) is 17.2 Å². The average molecular weight is 444 g/mol. The van der Waals surface area contributed by atoms with Crippen LogP contribution in [0.2, 0.25) is 0 Å². The van der Waals surface area contributed by atoms with Gasteiger partial charge in [-0.3, -0.25) is 4.79 Å². The van der Waals surface area contributed by atoms with Crippen molar-refractivity contribution in [2.24, 2.45) is 0 Å². The molecule has 0 radical (unpaired) electrons. The third-order valence-corrected chi connectivity index (χ3v) is 6.05. The van der Waals surface area contributed by atoms with E-state index in [0.717, 1.165) is 16.8 Å². The van der Waals surface area contributed by atoms with Crippen molar-refractivity contribution in [3.05, 3.63) is 65.0 Å². The second kappa shape index (κ2) is 8.20. The lowest BCUT2D eigenvalue weighted by Crippen LogP contribution is -2.21. The molecule has 0 fully saturated rings. The van der Waals surface area contributed by atoms with E-state index >= 15 is 0 Å². The molecule has 2 aromatic carbocycles. The summed E-state index contributed by atoms with van der Waals surface area (Å²) in [5, 5.41) is 4.54. The zero-order valence-corrected chi connectivity index (χ0v) is 19.0. The summed E-state index contributed by atoms with van der Waals surface area (Å²) in [6.45, 7) is 2.03. The van der Waals surface area contributed by atoms with Gasteiger partial charge < -0.3 is 14.2 Å². The van der Waals surface area contributed by atoms with Gasteiger partial charge in [0.15, 0.2) is 23.1 Å². The van der Waals surface area contributed by atoms with Crippen LogP contribution in [0.3, 0.4) is 0 Å². The fourth-order valence-corrected chi connectivity index (χ4v) is 4.28. The molecule has 0 bridgehead atoms. The lowest BCUT2D eigenvalue weighted by molar-refractivity contribution is 0.0962. The van der Waals surface area contributed by atoms with Crippen LogP contribution >= 0.6 is 0 Å². The van der Waals surface area contributed by atoms with Gasteiger partial charge >= 0.3 is 0 Å². The Kier molecular flexibility index (Phi) is 5.20. The molecule has 168 valence electrons. The van der Waals surface area contributed by atoms with E-state index in [2.05, 4.69) is 10.1 Å². The number of carbonyl (C=O) groups excluding carboxylic acids is 1. The molecular weight excluding hydrogens is 420 g/mol. The summed E-state index contributed by atoms with van der Waals surface area (Å²) in [6.07, 6.45) is 2.71. The molecule has 8 nitrogen and oxygen atoms in total. The molecule has 2 heterocycles. The number of ether oxygens (including phenoxy) is 3. The number of aryl methyl sites for hydroxylation is 1. The van der Waals surface area contributed by atoms with Crippen molar-refractivity contribution in [3.8, 4) is 28.6 Å².